The van der Waals surface area contributed by atoms with E-state index in [1.54, 1.807) is 12.1 Å². The van der Waals surface area contributed by atoms with Crippen molar-refractivity contribution in [1.82, 2.24) is 10.1 Å². The van der Waals surface area contributed by atoms with Crippen molar-refractivity contribution in [2.45, 2.75) is 51.0 Å². The van der Waals surface area contributed by atoms with Gasteiger partial charge in [-0.05, 0) is 49.8 Å². The van der Waals surface area contributed by atoms with Gasteiger partial charge in [-0.3, -0.25) is 9.59 Å². The minimum absolute atomic E-state index is 0.124. The number of aromatic amines is 1. The zero-order valence-electron chi connectivity index (χ0n) is 14.2. The highest BCUT2D eigenvalue weighted by Crippen LogP contribution is 2.23. The third-order valence-corrected chi connectivity index (χ3v) is 4.81. The van der Waals surface area contributed by atoms with E-state index in [-0.39, 0.29) is 23.3 Å². The van der Waals surface area contributed by atoms with Gasteiger partial charge in [0.15, 0.2) is 0 Å². The van der Waals surface area contributed by atoms with Gasteiger partial charge in [-0.1, -0.05) is 12.1 Å². The molecule has 134 valence electrons. The maximum absolute atomic E-state index is 12.6. The number of piperidine rings is 1. The van der Waals surface area contributed by atoms with Crippen LogP contribution in [0.4, 0.5) is 0 Å². The summed E-state index contributed by atoms with van der Waals surface area (Å²) < 4.78 is 5.02. The molecule has 2 aromatic rings. The SMILES string of the molecule is O=C(CCc1cc(=O)[nH]o1)N1CCCC[C@@H]1CCc1ccc(O)cc1. The second kappa shape index (κ2) is 8.05. The molecule has 1 aliphatic heterocycles. The summed E-state index contributed by atoms with van der Waals surface area (Å²) in [7, 11) is 0. The van der Waals surface area contributed by atoms with Crippen LogP contribution < -0.4 is 5.56 Å². The fourth-order valence-electron chi connectivity index (χ4n) is 3.44. The Morgan fingerprint density at radius 1 is 1.24 bits per heavy atom. The quantitative estimate of drug-likeness (QED) is 0.843. The van der Waals surface area contributed by atoms with Crippen LogP contribution >= 0.6 is 0 Å². The number of likely N-dealkylation sites (tertiary alicyclic amines) is 1. The largest absolute Gasteiger partial charge is 0.508 e. The number of benzene rings is 1. The van der Waals surface area contributed by atoms with E-state index >= 15 is 0 Å². The molecule has 1 atom stereocenters. The van der Waals surface area contributed by atoms with Crippen LogP contribution in [0, 0.1) is 0 Å². The Labute approximate surface area is 146 Å². The minimum atomic E-state index is -0.271. The summed E-state index contributed by atoms with van der Waals surface area (Å²) in [5, 5.41) is 11.6. The fourth-order valence-corrected chi connectivity index (χ4v) is 3.44. The van der Waals surface area contributed by atoms with Crippen LogP contribution in [0.25, 0.3) is 0 Å². The average Bonchev–Trinajstić information content (AvgIpc) is 3.05. The Hall–Kier alpha value is -2.50. The Bertz CT molecular complexity index is 747. The van der Waals surface area contributed by atoms with E-state index in [1.807, 2.05) is 17.0 Å². The molecule has 0 saturated carbocycles. The van der Waals surface area contributed by atoms with Crippen LogP contribution in [0.5, 0.6) is 5.75 Å². The molecule has 1 aliphatic rings. The second-order valence-electron chi connectivity index (χ2n) is 6.62. The molecule has 0 unspecified atom stereocenters. The number of H-pyrrole nitrogens is 1. The van der Waals surface area contributed by atoms with Gasteiger partial charge in [0.2, 0.25) is 5.91 Å². The third-order valence-electron chi connectivity index (χ3n) is 4.81. The molecule has 0 aliphatic carbocycles. The van der Waals surface area contributed by atoms with Crippen molar-refractivity contribution in [1.29, 1.82) is 0 Å². The number of nitrogens with one attached hydrogen (secondary N) is 1. The summed E-state index contributed by atoms with van der Waals surface area (Å²) in [4.78, 5) is 25.7. The van der Waals surface area contributed by atoms with E-state index in [9.17, 15) is 14.7 Å². The van der Waals surface area contributed by atoms with Crippen molar-refractivity contribution < 1.29 is 14.4 Å². The summed E-state index contributed by atoms with van der Waals surface area (Å²) in [5.74, 6) is 0.921. The van der Waals surface area contributed by atoms with E-state index < -0.39 is 0 Å². The number of nitrogens with zero attached hydrogens (tertiary/aromatic N) is 1. The number of aromatic nitrogens is 1. The van der Waals surface area contributed by atoms with Crippen molar-refractivity contribution in [3.8, 4) is 5.75 Å². The highest BCUT2D eigenvalue weighted by molar-refractivity contribution is 5.76. The van der Waals surface area contributed by atoms with Crippen LogP contribution in [0.1, 0.15) is 43.4 Å². The summed E-state index contributed by atoms with van der Waals surface area (Å²) >= 11 is 0. The second-order valence-corrected chi connectivity index (χ2v) is 6.62. The van der Waals surface area contributed by atoms with Gasteiger partial charge in [-0.2, -0.15) is 5.16 Å². The molecule has 6 heteroatoms. The first kappa shape index (κ1) is 17.3. The molecule has 3 rings (SSSR count). The zero-order chi connectivity index (χ0) is 17.6. The molecule has 2 heterocycles. The molecule has 6 nitrogen and oxygen atoms in total. The van der Waals surface area contributed by atoms with Gasteiger partial charge in [-0.25, -0.2) is 0 Å². The molecule has 1 aromatic carbocycles. The van der Waals surface area contributed by atoms with E-state index in [4.69, 9.17) is 4.52 Å². The lowest BCUT2D eigenvalue weighted by Gasteiger charge is -2.36. The Kier molecular flexibility index (Phi) is 5.58. The predicted molar refractivity (Wildman–Crippen MR) is 93.4 cm³/mol. The first-order valence-electron chi connectivity index (χ1n) is 8.86. The van der Waals surface area contributed by atoms with Gasteiger partial charge in [0, 0.05) is 31.5 Å². The van der Waals surface area contributed by atoms with Gasteiger partial charge in [0.25, 0.3) is 5.56 Å². The summed E-state index contributed by atoms with van der Waals surface area (Å²) in [5.41, 5.74) is 0.900. The number of hydrogen-bond acceptors (Lipinski definition) is 4. The van der Waals surface area contributed by atoms with Crippen LogP contribution in [-0.2, 0) is 17.6 Å². The molecule has 25 heavy (non-hydrogen) atoms. The van der Waals surface area contributed by atoms with Crippen molar-refractivity contribution in [2.75, 3.05) is 6.54 Å². The Morgan fingerprint density at radius 3 is 2.76 bits per heavy atom. The van der Waals surface area contributed by atoms with Crippen LogP contribution in [0.3, 0.4) is 0 Å². The predicted octanol–water partition coefficient (Wildman–Crippen LogP) is 2.62. The number of aryl methyl sites for hydroxylation is 2. The van der Waals surface area contributed by atoms with Gasteiger partial charge < -0.3 is 14.5 Å². The van der Waals surface area contributed by atoms with Crippen LogP contribution in [0.2, 0.25) is 0 Å². The first-order chi connectivity index (χ1) is 12.1. The van der Waals surface area contributed by atoms with Crippen molar-refractivity contribution >= 4 is 5.91 Å². The highest BCUT2D eigenvalue weighted by Gasteiger charge is 2.26. The lowest BCUT2D eigenvalue weighted by atomic mass is 9.95. The van der Waals surface area contributed by atoms with E-state index in [2.05, 4.69) is 5.16 Å². The maximum atomic E-state index is 12.6. The molecular weight excluding hydrogens is 320 g/mol. The Morgan fingerprint density at radius 2 is 2.04 bits per heavy atom. The zero-order valence-corrected chi connectivity index (χ0v) is 14.2. The molecule has 1 fully saturated rings. The minimum Gasteiger partial charge on any atom is -0.508 e. The van der Waals surface area contributed by atoms with Gasteiger partial charge in [-0.15, -0.1) is 0 Å². The fraction of sp³-hybridized carbons (Fsp3) is 0.474. The van der Waals surface area contributed by atoms with Crippen LogP contribution in [-0.4, -0.2) is 33.7 Å². The van der Waals surface area contributed by atoms with Gasteiger partial charge >= 0.3 is 0 Å². The summed E-state index contributed by atoms with van der Waals surface area (Å²) in [6.45, 7) is 0.802. The molecule has 0 bridgehead atoms. The number of rotatable bonds is 6. The highest BCUT2D eigenvalue weighted by atomic mass is 16.5. The molecule has 0 spiro atoms. The topological polar surface area (TPSA) is 86.5 Å². The van der Waals surface area contributed by atoms with Crippen molar-refractivity contribution in [3.63, 3.8) is 0 Å². The lowest BCUT2D eigenvalue weighted by Crippen LogP contribution is -2.44. The summed E-state index contributed by atoms with van der Waals surface area (Å²) in [6, 6.07) is 8.91. The van der Waals surface area contributed by atoms with Crippen molar-refractivity contribution in [2.24, 2.45) is 0 Å². The third kappa shape index (κ3) is 4.75. The molecule has 1 saturated heterocycles. The van der Waals surface area contributed by atoms with Gasteiger partial charge in [0.1, 0.15) is 11.5 Å². The van der Waals surface area contributed by atoms with E-state index in [0.717, 1.165) is 38.6 Å². The number of carbonyl (C=O) groups excluding carboxylic acids is 1. The molecule has 2 N–H and O–H groups in total. The smallest absolute Gasteiger partial charge is 0.280 e. The first-order valence-corrected chi connectivity index (χ1v) is 8.86. The Balaban J connectivity index is 1.54. The van der Waals surface area contributed by atoms with Crippen molar-refractivity contribution in [3.05, 3.63) is 52.0 Å². The monoisotopic (exact) mass is 344 g/mol. The number of phenols is 1. The van der Waals surface area contributed by atoms with E-state index in [1.165, 1.54) is 11.6 Å². The normalized spacial score (nSPS) is 17.6. The lowest BCUT2D eigenvalue weighted by molar-refractivity contribution is -0.135. The van der Waals surface area contributed by atoms with Gasteiger partial charge in [0.05, 0.1) is 0 Å². The summed E-state index contributed by atoms with van der Waals surface area (Å²) in [6.07, 6.45) is 5.84. The number of aromatic hydroxyl groups is 1. The molecule has 1 aromatic heterocycles. The van der Waals surface area contributed by atoms with E-state index in [0.29, 0.717) is 18.6 Å². The standard InChI is InChI=1S/C19H24N2O4/c22-16-8-5-14(6-9-16)4-7-15-3-1-2-12-21(15)19(24)11-10-17-13-18(23)20-25-17/h5-6,8-9,13,15,22H,1-4,7,10-12H2,(H,20,23)/t15-/m1/s1. The molecular formula is C19H24N2O4. The molecule has 0 radical (unpaired) electrons. The average molecular weight is 344 g/mol. The molecule has 1 amide bonds. The number of phenolic OH excluding ortho intramolecular Hbond substituents is 1. The number of carbonyl (C=O) groups is 1. The number of amides is 1. The van der Waals surface area contributed by atoms with Crippen LogP contribution in [0.15, 0.2) is 39.6 Å². The maximum Gasteiger partial charge on any atom is 0.280 e. The number of hydrogen-bond donors (Lipinski definition) is 2.